The van der Waals surface area contributed by atoms with Gasteiger partial charge in [0.15, 0.2) is 11.5 Å². The van der Waals surface area contributed by atoms with Gasteiger partial charge in [0.2, 0.25) is 0 Å². The van der Waals surface area contributed by atoms with Crippen LogP contribution in [0.3, 0.4) is 0 Å². The van der Waals surface area contributed by atoms with Gasteiger partial charge < -0.3 is 15.5 Å². The van der Waals surface area contributed by atoms with E-state index < -0.39 is 0 Å². The summed E-state index contributed by atoms with van der Waals surface area (Å²) in [6, 6.07) is 4.34. The monoisotopic (exact) mass is 290 g/mol. The van der Waals surface area contributed by atoms with Gasteiger partial charge in [-0.2, -0.15) is 0 Å². The van der Waals surface area contributed by atoms with Crippen LogP contribution in [0.2, 0.25) is 0 Å². The van der Waals surface area contributed by atoms with Crippen molar-refractivity contribution in [2.24, 2.45) is 0 Å². The minimum Gasteiger partial charge on any atom is -0.353 e. The fourth-order valence-corrected chi connectivity index (χ4v) is 2.71. The van der Waals surface area contributed by atoms with Crippen LogP contribution in [-0.4, -0.2) is 72.9 Å². The zero-order valence-corrected chi connectivity index (χ0v) is 12.4. The predicted octanol–water partition coefficient (Wildman–Crippen LogP) is -0.680. The predicted molar refractivity (Wildman–Crippen MR) is 80.5 cm³/mol. The van der Waals surface area contributed by atoms with E-state index in [0.29, 0.717) is 18.3 Å². The quantitative estimate of drug-likeness (QED) is 0.765. The average Bonchev–Trinajstić information content (AvgIpc) is 2.47. The second-order valence-corrected chi connectivity index (χ2v) is 5.47. The Kier molecular flexibility index (Phi) is 4.31. The van der Waals surface area contributed by atoms with Crippen molar-refractivity contribution in [2.45, 2.75) is 13.0 Å². The van der Waals surface area contributed by atoms with Gasteiger partial charge in [-0.25, -0.2) is 0 Å². The van der Waals surface area contributed by atoms with Crippen molar-refractivity contribution >= 4 is 11.7 Å². The van der Waals surface area contributed by atoms with Crippen LogP contribution in [0.4, 0.5) is 5.82 Å². The van der Waals surface area contributed by atoms with Gasteiger partial charge in [0.1, 0.15) is 0 Å². The van der Waals surface area contributed by atoms with Crippen LogP contribution in [0.1, 0.15) is 17.4 Å². The van der Waals surface area contributed by atoms with Crippen molar-refractivity contribution in [3.05, 3.63) is 17.8 Å². The normalized spacial score (nSPS) is 20.1. The van der Waals surface area contributed by atoms with Gasteiger partial charge in [-0.1, -0.05) is 0 Å². The maximum atomic E-state index is 11.6. The highest BCUT2D eigenvalue weighted by molar-refractivity contribution is 5.92. The molecule has 2 aliphatic rings. The average molecular weight is 290 g/mol. The van der Waals surface area contributed by atoms with E-state index >= 15 is 0 Å². The fourth-order valence-electron chi connectivity index (χ4n) is 2.71. The third-order valence-electron chi connectivity index (χ3n) is 4.14. The molecule has 1 aromatic rings. The highest BCUT2D eigenvalue weighted by atomic mass is 16.1. The van der Waals surface area contributed by atoms with Gasteiger partial charge in [0.05, 0.1) is 0 Å². The second-order valence-electron chi connectivity index (χ2n) is 5.47. The molecular formula is C14H22N6O. The van der Waals surface area contributed by atoms with Crippen LogP contribution in [0.15, 0.2) is 12.1 Å². The summed E-state index contributed by atoms with van der Waals surface area (Å²) >= 11 is 0. The number of piperazine rings is 1. The molecule has 114 valence electrons. The van der Waals surface area contributed by atoms with Crippen LogP contribution in [0.25, 0.3) is 0 Å². The van der Waals surface area contributed by atoms with E-state index in [4.69, 9.17) is 0 Å². The molecule has 0 aromatic carbocycles. The zero-order chi connectivity index (χ0) is 14.7. The van der Waals surface area contributed by atoms with Crippen molar-refractivity contribution < 1.29 is 4.79 Å². The first-order chi connectivity index (χ1) is 10.3. The first-order valence-corrected chi connectivity index (χ1v) is 7.59. The summed E-state index contributed by atoms with van der Waals surface area (Å²) in [4.78, 5) is 16.4. The molecule has 2 saturated heterocycles. The fraction of sp³-hybridized carbons (Fsp3) is 0.643. The van der Waals surface area contributed by atoms with Gasteiger partial charge >= 0.3 is 0 Å². The maximum Gasteiger partial charge on any atom is 0.271 e. The van der Waals surface area contributed by atoms with Crippen LogP contribution < -0.4 is 15.5 Å². The molecular weight excluding hydrogens is 268 g/mol. The highest BCUT2D eigenvalue weighted by Gasteiger charge is 2.28. The number of amides is 1. The van der Waals surface area contributed by atoms with Crippen molar-refractivity contribution in [3.63, 3.8) is 0 Å². The van der Waals surface area contributed by atoms with Crippen molar-refractivity contribution in [1.82, 2.24) is 25.7 Å². The van der Waals surface area contributed by atoms with Gasteiger partial charge in [-0.05, 0) is 19.1 Å². The van der Waals surface area contributed by atoms with Crippen molar-refractivity contribution in [2.75, 3.05) is 50.7 Å². The third kappa shape index (κ3) is 3.14. The standard InChI is InChI=1S/C14H22N6O/c1-2-16-14(21)12-3-4-13(18-17-12)20-7-5-19(6-8-20)11-9-15-10-11/h3-4,11,15H,2,5-10H2,1H3,(H,16,21). The summed E-state index contributed by atoms with van der Waals surface area (Å²) in [7, 11) is 0. The molecule has 1 aromatic heterocycles. The summed E-state index contributed by atoms with van der Waals surface area (Å²) in [6.45, 7) is 8.76. The first kappa shape index (κ1) is 14.2. The number of carbonyl (C=O) groups is 1. The number of aromatic nitrogens is 2. The number of hydrogen-bond donors (Lipinski definition) is 2. The van der Waals surface area contributed by atoms with Gasteiger partial charge in [-0.3, -0.25) is 9.69 Å². The Hall–Kier alpha value is -1.73. The Morgan fingerprint density at radius 2 is 2.05 bits per heavy atom. The minimum atomic E-state index is -0.168. The number of rotatable bonds is 4. The minimum absolute atomic E-state index is 0.168. The number of nitrogens with zero attached hydrogens (tertiary/aromatic N) is 4. The number of carbonyl (C=O) groups excluding carboxylic acids is 1. The van der Waals surface area contributed by atoms with E-state index in [0.717, 1.165) is 45.1 Å². The zero-order valence-electron chi connectivity index (χ0n) is 12.4. The lowest BCUT2D eigenvalue weighted by Crippen LogP contribution is -2.61. The lowest BCUT2D eigenvalue weighted by molar-refractivity contribution is 0.0950. The molecule has 0 spiro atoms. The van der Waals surface area contributed by atoms with Crippen molar-refractivity contribution in [1.29, 1.82) is 0 Å². The molecule has 0 unspecified atom stereocenters. The van der Waals surface area contributed by atoms with E-state index in [1.165, 1.54) is 0 Å². The molecule has 2 N–H and O–H groups in total. The Morgan fingerprint density at radius 1 is 1.29 bits per heavy atom. The Morgan fingerprint density at radius 3 is 2.57 bits per heavy atom. The molecule has 3 rings (SSSR count). The third-order valence-corrected chi connectivity index (χ3v) is 4.14. The van der Waals surface area contributed by atoms with Crippen LogP contribution in [-0.2, 0) is 0 Å². The lowest BCUT2D eigenvalue weighted by Gasteiger charge is -2.43. The molecule has 2 fully saturated rings. The Bertz CT molecular complexity index is 479. The van der Waals surface area contributed by atoms with Gasteiger partial charge in [0, 0.05) is 51.9 Å². The Balaban J connectivity index is 1.56. The second kappa shape index (κ2) is 6.36. The smallest absolute Gasteiger partial charge is 0.271 e. The topological polar surface area (TPSA) is 73.4 Å². The van der Waals surface area contributed by atoms with Crippen LogP contribution >= 0.6 is 0 Å². The molecule has 21 heavy (non-hydrogen) atoms. The first-order valence-electron chi connectivity index (χ1n) is 7.59. The van der Waals surface area contributed by atoms with E-state index in [-0.39, 0.29) is 5.91 Å². The molecule has 0 aliphatic carbocycles. The molecule has 7 nitrogen and oxygen atoms in total. The lowest BCUT2D eigenvalue weighted by atomic mass is 10.1. The highest BCUT2D eigenvalue weighted by Crippen LogP contribution is 2.15. The molecule has 2 aliphatic heterocycles. The number of nitrogens with one attached hydrogen (secondary N) is 2. The SMILES string of the molecule is CCNC(=O)c1ccc(N2CCN(C3CNC3)CC2)nn1. The van der Waals surface area contributed by atoms with Gasteiger partial charge in [0.25, 0.3) is 5.91 Å². The summed E-state index contributed by atoms with van der Waals surface area (Å²) in [5, 5.41) is 14.3. The molecule has 0 radical (unpaired) electrons. The van der Waals surface area contributed by atoms with Crippen LogP contribution in [0.5, 0.6) is 0 Å². The molecule has 0 saturated carbocycles. The summed E-state index contributed by atoms with van der Waals surface area (Å²) < 4.78 is 0. The number of hydrogen-bond acceptors (Lipinski definition) is 6. The summed E-state index contributed by atoms with van der Waals surface area (Å²) in [6.07, 6.45) is 0. The van der Waals surface area contributed by atoms with E-state index in [1.54, 1.807) is 6.07 Å². The van der Waals surface area contributed by atoms with Gasteiger partial charge in [-0.15, -0.1) is 10.2 Å². The molecule has 7 heteroatoms. The van der Waals surface area contributed by atoms with E-state index in [9.17, 15) is 4.79 Å². The summed E-state index contributed by atoms with van der Waals surface area (Å²) in [5.41, 5.74) is 0.375. The molecule has 3 heterocycles. The number of anilines is 1. The molecule has 0 bridgehead atoms. The van der Waals surface area contributed by atoms with Crippen LogP contribution in [0, 0.1) is 0 Å². The largest absolute Gasteiger partial charge is 0.353 e. The Labute approximate surface area is 124 Å². The van der Waals surface area contributed by atoms with E-state index in [2.05, 4.69) is 30.6 Å². The summed E-state index contributed by atoms with van der Waals surface area (Å²) in [5.74, 6) is 0.688. The molecule has 0 atom stereocenters. The van der Waals surface area contributed by atoms with E-state index in [1.807, 2.05) is 13.0 Å². The maximum absolute atomic E-state index is 11.6. The molecule has 1 amide bonds. The van der Waals surface area contributed by atoms with Crippen molar-refractivity contribution in [3.8, 4) is 0 Å².